The van der Waals surface area contributed by atoms with Crippen LogP contribution in [0.1, 0.15) is 5.56 Å². The van der Waals surface area contributed by atoms with Crippen LogP contribution >= 0.6 is 0 Å². The first-order chi connectivity index (χ1) is 8.90. The van der Waals surface area contributed by atoms with Gasteiger partial charge in [0, 0.05) is 7.05 Å². The molecule has 1 aliphatic rings. The summed E-state index contributed by atoms with van der Waals surface area (Å²) in [7, 11) is -2.26. The van der Waals surface area contributed by atoms with Gasteiger partial charge in [0.15, 0.2) is 0 Å². The highest BCUT2D eigenvalue weighted by molar-refractivity contribution is 7.86. The molecule has 104 valence electrons. The van der Waals surface area contributed by atoms with Crippen molar-refractivity contribution in [1.82, 2.24) is 4.90 Å². The van der Waals surface area contributed by atoms with Crippen LogP contribution in [0.25, 0.3) is 0 Å². The Bertz CT molecular complexity index is 566. The SMILES string of the molecule is Cc1ccc(S(=O)(=O)OCC2COC(=O)N2C)cc1. The van der Waals surface area contributed by atoms with Gasteiger partial charge in [0.25, 0.3) is 10.1 Å². The highest BCUT2D eigenvalue weighted by Crippen LogP contribution is 2.16. The van der Waals surface area contributed by atoms with Crippen molar-refractivity contribution in [2.45, 2.75) is 17.9 Å². The highest BCUT2D eigenvalue weighted by Gasteiger charge is 2.31. The number of aryl methyl sites for hydroxylation is 1. The van der Waals surface area contributed by atoms with Gasteiger partial charge >= 0.3 is 6.09 Å². The number of carbonyl (C=O) groups excluding carboxylic acids is 1. The number of rotatable bonds is 4. The van der Waals surface area contributed by atoms with Gasteiger partial charge in [-0.15, -0.1) is 0 Å². The number of hydrogen-bond acceptors (Lipinski definition) is 5. The molecule has 1 amide bonds. The van der Waals surface area contributed by atoms with Gasteiger partial charge in [0.1, 0.15) is 6.61 Å². The largest absolute Gasteiger partial charge is 0.447 e. The van der Waals surface area contributed by atoms with Crippen molar-refractivity contribution in [3.05, 3.63) is 29.8 Å². The van der Waals surface area contributed by atoms with Crippen molar-refractivity contribution in [2.75, 3.05) is 20.3 Å². The van der Waals surface area contributed by atoms with E-state index in [1.54, 1.807) is 19.2 Å². The van der Waals surface area contributed by atoms with E-state index in [1.165, 1.54) is 17.0 Å². The first-order valence-electron chi connectivity index (χ1n) is 5.76. The molecule has 7 heteroatoms. The number of hydrogen-bond donors (Lipinski definition) is 0. The molecule has 0 aliphatic carbocycles. The third kappa shape index (κ3) is 3.05. The second kappa shape index (κ2) is 5.18. The molecular formula is C12H15NO5S. The third-order valence-corrected chi connectivity index (χ3v) is 4.26. The molecule has 0 aromatic heterocycles. The van der Waals surface area contributed by atoms with E-state index in [-0.39, 0.29) is 24.2 Å². The highest BCUT2D eigenvalue weighted by atomic mass is 32.2. The Morgan fingerprint density at radius 3 is 2.53 bits per heavy atom. The van der Waals surface area contributed by atoms with E-state index in [4.69, 9.17) is 8.92 Å². The van der Waals surface area contributed by atoms with Crippen molar-refractivity contribution in [3.8, 4) is 0 Å². The van der Waals surface area contributed by atoms with Crippen molar-refractivity contribution in [2.24, 2.45) is 0 Å². The summed E-state index contributed by atoms with van der Waals surface area (Å²) in [5.41, 5.74) is 0.966. The third-order valence-electron chi connectivity index (χ3n) is 2.96. The summed E-state index contributed by atoms with van der Waals surface area (Å²) in [5, 5.41) is 0. The molecule has 1 aromatic rings. The van der Waals surface area contributed by atoms with E-state index in [2.05, 4.69) is 0 Å². The lowest BCUT2D eigenvalue weighted by atomic mass is 10.2. The van der Waals surface area contributed by atoms with Gasteiger partial charge in [0.05, 0.1) is 17.5 Å². The molecule has 1 aromatic carbocycles. The summed E-state index contributed by atoms with van der Waals surface area (Å²) in [4.78, 5) is 12.5. The van der Waals surface area contributed by atoms with Crippen molar-refractivity contribution >= 4 is 16.2 Å². The van der Waals surface area contributed by atoms with Crippen LogP contribution in [0.4, 0.5) is 4.79 Å². The second-order valence-electron chi connectivity index (χ2n) is 4.39. The van der Waals surface area contributed by atoms with Crippen LogP contribution in [0.3, 0.4) is 0 Å². The Kier molecular flexibility index (Phi) is 3.77. The lowest BCUT2D eigenvalue weighted by Crippen LogP contribution is -2.34. The molecule has 1 atom stereocenters. The monoisotopic (exact) mass is 285 g/mol. The molecule has 1 aliphatic heterocycles. The van der Waals surface area contributed by atoms with Crippen LogP contribution in [-0.4, -0.2) is 45.7 Å². The molecule has 1 heterocycles. The standard InChI is InChI=1S/C12H15NO5S/c1-9-3-5-11(6-4-9)19(15,16)18-8-10-7-17-12(14)13(10)2/h3-6,10H,7-8H2,1-2H3. The Labute approximate surface area is 112 Å². The summed E-state index contributed by atoms with van der Waals surface area (Å²) in [6, 6.07) is 6.00. The predicted octanol–water partition coefficient (Wildman–Crippen LogP) is 1.15. The number of cyclic esters (lactones) is 1. The molecule has 0 saturated carbocycles. The number of amides is 1. The summed E-state index contributed by atoms with van der Waals surface area (Å²) < 4.78 is 33.6. The van der Waals surface area contributed by atoms with Crippen LogP contribution in [0.5, 0.6) is 0 Å². The van der Waals surface area contributed by atoms with Gasteiger partial charge in [-0.05, 0) is 19.1 Å². The quantitative estimate of drug-likeness (QED) is 0.776. The number of nitrogens with zero attached hydrogens (tertiary/aromatic N) is 1. The number of carbonyl (C=O) groups is 1. The zero-order chi connectivity index (χ0) is 14.0. The van der Waals surface area contributed by atoms with E-state index < -0.39 is 16.2 Å². The van der Waals surface area contributed by atoms with Crippen LogP contribution in [0.15, 0.2) is 29.2 Å². The van der Waals surface area contributed by atoms with Gasteiger partial charge < -0.3 is 9.64 Å². The first kappa shape index (κ1) is 13.8. The first-order valence-corrected chi connectivity index (χ1v) is 7.16. The molecule has 0 spiro atoms. The zero-order valence-electron chi connectivity index (χ0n) is 10.7. The molecule has 1 saturated heterocycles. The maximum Gasteiger partial charge on any atom is 0.410 e. The molecule has 19 heavy (non-hydrogen) atoms. The average molecular weight is 285 g/mol. The van der Waals surface area contributed by atoms with E-state index in [0.717, 1.165) is 5.56 Å². The second-order valence-corrected chi connectivity index (χ2v) is 6.01. The fourth-order valence-corrected chi connectivity index (χ4v) is 2.57. The maximum atomic E-state index is 11.9. The Morgan fingerprint density at radius 1 is 1.37 bits per heavy atom. The molecule has 6 nitrogen and oxygen atoms in total. The minimum Gasteiger partial charge on any atom is -0.447 e. The van der Waals surface area contributed by atoms with Crippen LogP contribution < -0.4 is 0 Å². The van der Waals surface area contributed by atoms with Crippen molar-refractivity contribution in [3.63, 3.8) is 0 Å². The fraction of sp³-hybridized carbons (Fsp3) is 0.417. The van der Waals surface area contributed by atoms with Gasteiger partial charge in [0.2, 0.25) is 0 Å². The van der Waals surface area contributed by atoms with E-state index in [0.29, 0.717) is 0 Å². The average Bonchev–Trinajstić information content (AvgIpc) is 2.68. The minimum atomic E-state index is -3.80. The van der Waals surface area contributed by atoms with Crippen LogP contribution in [-0.2, 0) is 19.0 Å². The molecule has 0 bridgehead atoms. The smallest absolute Gasteiger partial charge is 0.410 e. The van der Waals surface area contributed by atoms with Crippen LogP contribution in [0.2, 0.25) is 0 Å². The molecule has 0 radical (unpaired) electrons. The summed E-state index contributed by atoms with van der Waals surface area (Å²) in [5.74, 6) is 0. The minimum absolute atomic E-state index is 0.103. The zero-order valence-corrected chi connectivity index (χ0v) is 11.5. The molecular weight excluding hydrogens is 270 g/mol. The van der Waals surface area contributed by atoms with Crippen molar-refractivity contribution < 1.29 is 22.1 Å². The topological polar surface area (TPSA) is 72.9 Å². The number of likely N-dealkylation sites (N-methyl/N-ethyl adjacent to an activating group) is 1. The van der Waals surface area contributed by atoms with Gasteiger partial charge in [-0.2, -0.15) is 8.42 Å². The summed E-state index contributed by atoms with van der Waals surface area (Å²) >= 11 is 0. The molecule has 1 unspecified atom stereocenters. The van der Waals surface area contributed by atoms with Crippen molar-refractivity contribution in [1.29, 1.82) is 0 Å². The van der Waals surface area contributed by atoms with Crippen LogP contribution in [0, 0.1) is 6.92 Å². The molecule has 2 rings (SSSR count). The normalized spacial score (nSPS) is 19.6. The fourth-order valence-electron chi connectivity index (χ4n) is 1.63. The lowest BCUT2D eigenvalue weighted by molar-refractivity contribution is 0.162. The van der Waals surface area contributed by atoms with E-state index in [1.807, 2.05) is 6.92 Å². The molecule has 1 fully saturated rings. The number of ether oxygens (including phenoxy) is 1. The van der Waals surface area contributed by atoms with E-state index in [9.17, 15) is 13.2 Å². The predicted molar refractivity (Wildman–Crippen MR) is 67.2 cm³/mol. The Balaban J connectivity index is 2.02. The van der Waals surface area contributed by atoms with Gasteiger partial charge in [-0.25, -0.2) is 4.79 Å². The lowest BCUT2D eigenvalue weighted by Gasteiger charge is -2.15. The summed E-state index contributed by atoms with van der Waals surface area (Å²) in [6.45, 7) is 1.89. The van der Waals surface area contributed by atoms with Gasteiger partial charge in [-0.1, -0.05) is 17.7 Å². The molecule has 0 N–H and O–H groups in total. The Morgan fingerprint density at radius 2 is 2.00 bits per heavy atom. The number of benzene rings is 1. The summed E-state index contributed by atoms with van der Waals surface area (Å²) in [6.07, 6.45) is -0.471. The maximum absolute atomic E-state index is 11.9. The van der Waals surface area contributed by atoms with Gasteiger partial charge in [-0.3, -0.25) is 4.18 Å². The Hall–Kier alpha value is -1.60. The van der Waals surface area contributed by atoms with E-state index >= 15 is 0 Å².